The summed E-state index contributed by atoms with van der Waals surface area (Å²) < 4.78 is 6.19. The van der Waals surface area contributed by atoms with E-state index in [0.29, 0.717) is 5.69 Å². The summed E-state index contributed by atoms with van der Waals surface area (Å²) in [6.45, 7) is 3.75. The fraction of sp³-hybridized carbons (Fsp3) is 0.400. The molecule has 4 nitrogen and oxygen atoms in total. The first-order valence-corrected chi connectivity index (χ1v) is 4.79. The Bertz CT molecular complexity index is 429. The zero-order valence-corrected chi connectivity index (χ0v) is 9.50. The molecule has 1 heterocycles. The number of nitriles is 1. The highest BCUT2D eigenvalue weighted by Crippen LogP contribution is 2.25. The van der Waals surface area contributed by atoms with Gasteiger partial charge in [0, 0.05) is 6.04 Å². The predicted octanol–water partition coefficient (Wildman–Crippen LogP) is 2.38. The average molecular weight is 227 g/mol. The molecule has 1 aromatic rings. The SMILES string of the molecule is COC(=O)c1cc(C#N)c(Cl)n1C(C)C. The number of hydrogen-bond donors (Lipinski definition) is 0. The number of hydrogen-bond acceptors (Lipinski definition) is 3. The maximum atomic E-state index is 11.4. The van der Waals surface area contributed by atoms with Crippen LogP contribution in [0, 0.1) is 11.3 Å². The summed E-state index contributed by atoms with van der Waals surface area (Å²) in [5, 5.41) is 9.06. The van der Waals surface area contributed by atoms with Crippen molar-refractivity contribution in [3.63, 3.8) is 0 Å². The van der Waals surface area contributed by atoms with Crippen LogP contribution in [-0.4, -0.2) is 17.6 Å². The molecule has 0 fully saturated rings. The Morgan fingerprint density at radius 2 is 2.27 bits per heavy atom. The van der Waals surface area contributed by atoms with Gasteiger partial charge in [0.05, 0.1) is 12.7 Å². The van der Waals surface area contributed by atoms with E-state index in [-0.39, 0.29) is 16.8 Å². The molecule has 0 saturated heterocycles. The van der Waals surface area contributed by atoms with Gasteiger partial charge < -0.3 is 9.30 Å². The van der Waals surface area contributed by atoms with Gasteiger partial charge in [-0.3, -0.25) is 0 Å². The van der Waals surface area contributed by atoms with Crippen molar-refractivity contribution in [2.45, 2.75) is 19.9 Å². The quantitative estimate of drug-likeness (QED) is 0.728. The summed E-state index contributed by atoms with van der Waals surface area (Å²) in [6.07, 6.45) is 0. The van der Waals surface area contributed by atoms with Crippen molar-refractivity contribution in [3.05, 3.63) is 22.5 Å². The van der Waals surface area contributed by atoms with Crippen molar-refractivity contribution in [2.75, 3.05) is 7.11 Å². The molecule has 15 heavy (non-hydrogen) atoms. The van der Waals surface area contributed by atoms with Crippen LogP contribution in [0.15, 0.2) is 6.07 Å². The summed E-state index contributed by atoms with van der Waals surface area (Å²) in [5.74, 6) is -0.493. The van der Waals surface area contributed by atoms with E-state index in [0.717, 1.165) is 0 Å². The van der Waals surface area contributed by atoms with Gasteiger partial charge in [-0.05, 0) is 19.9 Å². The number of esters is 1. The Balaban J connectivity index is 3.39. The van der Waals surface area contributed by atoms with Crippen LogP contribution in [0.1, 0.15) is 35.9 Å². The molecule has 0 spiro atoms. The first kappa shape index (κ1) is 11.6. The summed E-state index contributed by atoms with van der Waals surface area (Å²) in [5.41, 5.74) is 0.583. The van der Waals surface area contributed by atoms with Gasteiger partial charge in [-0.15, -0.1) is 0 Å². The van der Waals surface area contributed by atoms with E-state index in [1.807, 2.05) is 19.9 Å². The maximum Gasteiger partial charge on any atom is 0.354 e. The van der Waals surface area contributed by atoms with Gasteiger partial charge in [0.2, 0.25) is 0 Å². The van der Waals surface area contributed by atoms with Gasteiger partial charge in [-0.25, -0.2) is 4.79 Å². The van der Waals surface area contributed by atoms with E-state index in [1.165, 1.54) is 13.2 Å². The number of methoxy groups -OCH3 is 1. The Hall–Kier alpha value is -1.47. The Kier molecular flexibility index (Phi) is 3.38. The Morgan fingerprint density at radius 3 is 2.67 bits per heavy atom. The van der Waals surface area contributed by atoms with Crippen LogP contribution in [0.5, 0.6) is 0 Å². The third kappa shape index (κ3) is 1.97. The molecule has 0 aliphatic carbocycles. The lowest BCUT2D eigenvalue weighted by atomic mass is 10.3. The number of aromatic nitrogens is 1. The number of halogens is 1. The molecular weight excluding hydrogens is 216 g/mol. The minimum atomic E-state index is -0.493. The topological polar surface area (TPSA) is 55.0 Å². The first-order chi connectivity index (χ1) is 7.02. The van der Waals surface area contributed by atoms with Crippen molar-refractivity contribution in [1.29, 1.82) is 5.26 Å². The molecule has 0 N–H and O–H groups in total. The minimum Gasteiger partial charge on any atom is -0.464 e. The molecule has 0 atom stereocenters. The highest BCUT2D eigenvalue weighted by Gasteiger charge is 2.20. The van der Waals surface area contributed by atoms with Crippen LogP contribution in [0.4, 0.5) is 0 Å². The number of ether oxygens (including phenoxy) is 1. The summed E-state index contributed by atoms with van der Waals surface area (Å²) >= 11 is 5.96. The first-order valence-electron chi connectivity index (χ1n) is 4.42. The van der Waals surface area contributed by atoms with Crippen molar-refractivity contribution < 1.29 is 9.53 Å². The van der Waals surface area contributed by atoms with E-state index in [2.05, 4.69) is 4.74 Å². The van der Waals surface area contributed by atoms with Gasteiger partial charge in [-0.2, -0.15) is 5.26 Å². The van der Waals surface area contributed by atoms with E-state index >= 15 is 0 Å². The minimum absolute atomic E-state index is 0.00583. The lowest BCUT2D eigenvalue weighted by Gasteiger charge is -2.12. The fourth-order valence-corrected chi connectivity index (χ4v) is 1.73. The van der Waals surface area contributed by atoms with Gasteiger partial charge in [0.1, 0.15) is 16.9 Å². The molecule has 0 aliphatic rings. The van der Waals surface area contributed by atoms with Gasteiger partial charge in [-0.1, -0.05) is 11.6 Å². The molecule has 5 heteroatoms. The molecule has 0 bridgehead atoms. The average Bonchev–Trinajstić information content (AvgIpc) is 2.54. The van der Waals surface area contributed by atoms with Gasteiger partial charge >= 0.3 is 5.97 Å². The van der Waals surface area contributed by atoms with Crippen molar-refractivity contribution >= 4 is 17.6 Å². The molecule has 80 valence electrons. The Morgan fingerprint density at radius 1 is 1.67 bits per heavy atom. The second-order valence-electron chi connectivity index (χ2n) is 3.30. The third-order valence-corrected chi connectivity index (χ3v) is 2.39. The zero-order valence-electron chi connectivity index (χ0n) is 8.74. The van der Waals surface area contributed by atoms with Gasteiger partial charge in [0.25, 0.3) is 0 Å². The third-order valence-electron chi connectivity index (χ3n) is 2.01. The molecular formula is C10H11ClN2O2. The van der Waals surface area contributed by atoms with Gasteiger partial charge in [0.15, 0.2) is 0 Å². The fourth-order valence-electron chi connectivity index (χ4n) is 1.35. The second-order valence-corrected chi connectivity index (χ2v) is 3.66. The smallest absolute Gasteiger partial charge is 0.354 e. The van der Waals surface area contributed by atoms with E-state index in [9.17, 15) is 4.79 Å². The summed E-state index contributed by atoms with van der Waals surface area (Å²) in [7, 11) is 1.29. The molecule has 0 unspecified atom stereocenters. The van der Waals surface area contributed by atoms with Crippen molar-refractivity contribution in [2.24, 2.45) is 0 Å². The normalized spacial score (nSPS) is 10.1. The summed E-state index contributed by atoms with van der Waals surface area (Å²) in [6, 6.07) is 3.36. The van der Waals surface area contributed by atoms with E-state index in [4.69, 9.17) is 16.9 Å². The standard InChI is InChI=1S/C10H11ClN2O2/c1-6(2)13-8(10(14)15-3)4-7(5-12)9(13)11/h4,6H,1-3H3. The van der Waals surface area contributed by atoms with Crippen LogP contribution in [-0.2, 0) is 4.74 Å². The van der Waals surface area contributed by atoms with E-state index in [1.54, 1.807) is 4.57 Å². The molecule has 0 aliphatic heterocycles. The molecule has 0 aromatic carbocycles. The van der Waals surface area contributed by atoms with Crippen LogP contribution in [0.25, 0.3) is 0 Å². The van der Waals surface area contributed by atoms with Crippen LogP contribution < -0.4 is 0 Å². The molecule has 1 rings (SSSR count). The van der Waals surface area contributed by atoms with Crippen molar-refractivity contribution in [3.8, 4) is 6.07 Å². The second kappa shape index (κ2) is 4.37. The predicted molar refractivity (Wildman–Crippen MR) is 55.9 cm³/mol. The summed E-state index contributed by atoms with van der Waals surface area (Å²) in [4.78, 5) is 11.4. The lowest BCUT2D eigenvalue weighted by Crippen LogP contribution is -2.12. The number of carbonyl (C=O) groups excluding carboxylic acids is 1. The Labute approximate surface area is 93.0 Å². The lowest BCUT2D eigenvalue weighted by molar-refractivity contribution is 0.0587. The molecule has 0 amide bonds. The van der Waals surface area contributed by atoms with Crippen LogP contribution in [0.2, 0.25) is 5.15 Å². The zero-order chi connectivity index (χ0) is 11.6. The molecule has 1 aromatic heterocycles. The number of carbonyl (C=O) groups is 1. The highest BCUT2D eigenvalue weighted by atomic mass is 35.5. The highest BCUT2D eigenvalue weighted by molar-refractivity contribution is 6.31. The molecule has 0 radical (unpaired) electrons. The maximum absolute atomic E-state index is 11.4. The van der Waals surface area contributed by atoms with Crippen LogP contribution >= 0.6 is 11.6 Å². The van der Waals surface area contributed by atoms with E-state index < -0.39 is 5.97 Å². The van der Waals surface area contributed by atoms with Crippen LogP contribution in [0.3, 0.4) is 0 Å². The molecule has 0 saturated carbocycles. The number of rotatable bonds is 2. The monoisotopic (exact) mass is 226 g/mol. The largest absolute Gasteiger partial charge is 0.464 e. The van der Waals surface area contributed by atoms with Crippen molar-refractivity contribution in [1.82, 2.24) is 4.57 Å². The number of nitrogens with zero attached hydrogens (tertiary/aromatic N) is 2.